The molecule has 20 heavy (non-hydrogen) atoms. The molecule has 1 amide bonds. The highest BCUT2D eigenvalue weighted by Gasteiger charge is 2.19. The lowest BCUT2D eigenvalue weighted by atomic mass is 10.2. The Morgan fingerprint density at radius 3 is 2.55 bits per heavy atom. The fourth-order valence-electron chi connectivity index (χ4n) is 1.95. The predicted molar refractivity (Wildman–Crippen MR) is 74.3 cm³/mol. The summed E-state index contributed by atoms with van der Waals surface area (Å²) in [6.45, 7) is 2.58. The van der Waals surface area contributed by atoms with Crippen LogP contribution in [0.5, 0.6) is 0 Å². The molecule has 1 aliphatic rings. The van der Waals surface area contributed by atoms with Crippen LogP contribution in [0.2, 0.25) is 0 Å². The van der Waals surface area contributed by atoms with Gasteiger partial charge in [0.15, 0.2) is 0 Å². The molecule has 110 valence electrons. The van der Waals surface area contributed by atoms with Crippen molar-refractivity contribution < 1.29 is 13.2 Å². The molecule has 2 rings (SSSR count). The van der Waals surface area contributed by atoms with Crippen LogP contribution >= 0.6 is 0 Å². The van der Waals surface area contributed by atoms with Gasteiger partial charge in [-0.3, -0.25) is 4.79 Å². The van der Waals surface area contributed by atoms with Crippen molar-refractivity contribution in [2.45, 2.75) is 17.5 Å². The lowest BCUT2D eigenvalue weighted by molar-refractivity contribution is -0.123. The zero-order chi connectivity index (χ0) is 14.6. The standard InChI is InChI=1S/C12H18N4O3S/c13-20(18,19)10-3-1-9(2-4-10)7-16-12(17)11-8-14-5-6-15-11/h1-4,11,14-15H,5-8H2,(H,16,17)(H2,13,18,19). The molecule has 8 heteroatoms. The van der Waals surface area contributed by atoms with E-state index in [2.05, 4.69) is 16.0 Å². The molecule has 1 heterocycles. The molecule has 1 aromatic carbocycles. The predicted octanol–water partition coefficient (Wildman–Crippen LogP) is -1.49. The number of hydrogen-bond donors (Lipinski definition) is 4. The van der Waals surface area contributed by atoms with Crippen molar-refractivity contribution in [1.82, 2.24) is 16.0 Å². The van der Waals surface area contributed by atoms with Crippen molar-refractivity contribution in [3.8, 4) is 0 Å². The number of rotatable bonds is 4. The van der Waals surface area contributed by atoms with E-state index >= 15 is 0 Å². The van der Waals surface area contributed by atoms with E-state index in [0.717, 1.165) is 18.7 Å². The number of benzene rings is 1. The van der Waals surface area contributed by atoms with Crippen molar-refractivity contribution >= 4 is 15.9 Å². The van der Waals surface area contributed by atoms with Gasteiger partial charge in [-0.1, -0.05) is 12.1 Å². The highest BCUT2D eigenvalue weighted by atomic mass is 32.2. The molecule has 0 spiro atoms. The number of piperazine rings is 1. The van der Waals surface area contributed by atoms with Gasteiger partial charge in [-0.05, 0) is 17.7 Å². The number of carbonyl (C=O) groups excluding carboxylic acids is 1. The van der Waals surface area contributed by atoms with Gasteiger partial charge in [-0.25, -0.2) is 13.6 Å². The second kappa shape index (κ2) is 6.31. The molecule has 7 nitrogen and oxygen atoms in total. The Kier molecular flexibility index (Phi) is 4.71. The van der Waals surface area contributed by atoms with Crippen molar-refractivity contribution in [3.05, 3.63) is 29.8 Å². The van der Waals surface area contributed by atoms with Crippen LogP contribution in [-0.2, 0) is 21.4 Å². The second-order valence-corrected chi connectivity index (χ2v) is 6.18. The Labute approximate surface area is 118 Å². The van der Waals surface area contributed by atoms with E-state index < -0.39 is 10.0 Å². The fraction of sp³-hybridized carbons (Fsp3) is 0.417. The van der Waals surface area contributed by atoms with Crippen molar-refractivity contribution in [2.75, 3.05) is 19.6 Å². The van der Waals surface area contributed by atoms with Gasteiger partial charge in [0.2, 0.25) is 15.9 Å². The van der Waals surface area contributed by atoms with Gasteiger partial charge in [0.05, 0.1) is 10.9 Å². The molecule has 1 aromatic rings. The quantitative estimate of drug-likeness (QED) is 0.541. The van der Waals surface area contributed by atoms with E-state index in [0.29, 0.717) is 13.1 Å². The summed E-state index contributed by atoms with van der Waals surface area (Å²) in [7, 11) is -3.67. The lowest BCUT2D eigenvalue weighted by Gasteiger charge is -2.23. The maximum absolute atomic E-state index is 11.9. The van der Waals surface area contributed by atoms with E-state index in [4.69, 9.17) is 5.14 Å². The Hall–Kier alpha value is -1.48. The Balaban J connectivity index is 1.89. The molecule has 1 aliphatic heterocycles. The molecular weight excluding hydrogens is 280 g/mol. The second-order valence-electron chi connectivity index (χ2n) is 4.62. The minimum atomic E-state index is -3.67. The molecule has 1 unspecified atom stereocenters. The van der Waals surface area contributed by atoms with Crippen LogP contribution < -0.4 is 21.1 Å². The fourth-order valence-corrected chi connectivity index (χ4v) is 2.46. The number of primary sulfonamides is 1. The molecule has 1 saturated heterocycles. The van der Waals surface area contributed by atoms with E-state index in [1.807, 2.05) is 0 Å². The van der Waals surface area contributed by atoms with Gasteiger partial charge in [-0.2, -0.15) is 0 Å². The third-order valence-corrected chi connectivity index (χ3v) is 4.01. The average molecular weight is 298 g/mol. The first kappa shape index (κ1) is 14.9. The van der Waals surface area contributed by atoms with Crippen LogP contribution in [0.1, 0.15) is 5.56 Å². The van der Waals surface area contributed by atoms with Crippen molar-refractivity contribution in [1.29, 1.82) is 0 Å². The third kappa shape index (κ3) is 4.01. The molecule has 5 N–H and O–H groups in total. The summed E-state index contributed by atoms with van der Waals surface area (Å²) >= 11 is 0. The minimum Gasteiger partial charge on any atom is -0.351 e. The van der Waals surface area contributed by atoms with Crippen molar-refractivity contribution in [2.24, 2.45) is 5.14 Å². The van der Waals surface area contributed by atoms with Gasteiger partial charge in [-0.15, -0.1) is 0 Å². The maximum atomic E-state index is 11.9. The monoisotopic (exact) mass is 298 g/mol. The molecule has 0 radical (unpaired) electrons. The van der Waals surface area contributed by atoms with E-state index in [9.17, 15) is 13.2 Å². The smallest absolute Gasteiger partial charge is 0.238 e. The highest BCUT2D eigenvalue weighted by Crippen LogP contribution is 2.08. The number of hydrogen-bond acceptors (Lipinski definition) is 5. The lowest BCUT2D eigenvalue weighted by Crippen LogP contribution is -2.55. The van der Waals surface area contributed by atoms with E-state index in [1.54, 1.807) is 12.1 Å². The van der Waals surface area contributed by atoms with Gasteiger partial charge in [0.25, 0.3) is 0 Å². The van der Waals surface area contributed by atoms with Crippen LogP contribution in [0, 0.1) is 0 Å². The largest absolute Gasteiger partial charge is 0.351 e. The first-order valence-electron chi connectivity index (χ1n) is 6.30. The summed E-state index contributed by atoms with van der Waals surface area (Å²) in [5, 5.41) is 14.1. The third-order valence-electron chi connectivity index (χ3n) is 3.08. The average Bonchev–Trinajstić information content (AvgIpc) is 2.45. The van der Waals surface area contributed by atoms with Crippen LogP contribution in [-0.4, -0.2) is 40.0 Å². The van der Waals surface area contributed by atoms with Gasteiger partial charge in [0, 0.05) is 26.2 Å². The molecular formula is C12H18N4O3S. The number of sulfonamides is 1. The van der Waals surface area contributed by atoms with Crippen LogP contribution in [0.4, 0.5) is 0 Å². The number of carbonyl (C=O) groups is 1. The van der Waals surface area contributed by atoms with Gasteiger partial charge >= 0.3 is 0 Å². The summed E-state index contributed by atoms with van der Waals surface area (Å²) in [5.74, 6) is -0.0762. The summed E-state index contributed by atoms with van der Waals surface area (Å²) in [6, 6.07) is 5.89. The zero-order valence-corrected chi connectivity index (χ0v) is 11.7. The van der Waals surface area contributed by atoms with Crippen LogP contribution in [0.3, 0.4) is 0 Å². The van der Waals surface area contributed by atoms with E-state index in [1.165, 1.54) is 12.1 Å². The normalized spacial score (nSPS) is 19.6. The Morgan fingerprint density at radius 1 is 1.30 bits per heavy atom. The summed E-state index contributed by atoms with van der Waals surface area (Å²) in [5.41, 5.74) is 0.814. The van der Waals surface area contributed by atoms with Gasteiger partial charge in [0.1, 0.15) is 0 Å². The first-order valence-corrected chi connectivity index (χ1v) is 7.85. The molecule has 1 fully saturated rings. The summed E-state index contributed by atoms with van der Waals surface area (Å²) in [6.07, 6.45) is 0. The zero-order valence-electron chi connectivity index (χ0n) is 10.9. The molecule has 0 bridgehead atoms. The molecule has 0 aliphatic carbocycles. The number of nitrogens with one attached hydrogen (secondary N) is 3. The van der Waals surface area contributed by atoms with Crippen LogP contribution in [0.25, 0.3) is 0 Å². The summed E-state index contributed by atoms with van der Waals surface area (Å²) in [4.78, 5) is 11.9. The Bertz CT molecular complexity index is 565. The van der Waals surface area contributed by atoms with Crippen LogP contribution in [0.15, 0.2) is 29.2 Å². The van der Waals surface area contributed by atoms with Gasteiger partial charge < -0.3 is 16.0 Å². The van der Waals surface area contributed by atoms with Crippen molar-refractivity contribution in [3.63, 3.8) is 0 Å². The molecule has 0 aromatic heterocycles. The highest BCUT2D eigenvalue weighted by molar-refractivity contribution is 7.89. The topological polar surface area (TPSA) is 113 Å². The first-order chi connectivity index (χ1) is 9.47. The summed E-state index contributed by atoms with van der Waals surface area (Å²) < 4.78 is 22.2. The molecule has 0 saturated carbocycles. The molecule has 1 atom stereocenters. The minimum absolute atomic E-state index is 0.0609. The number of nitrogens with two attached hydrogens (primary N) is 1. The maximum Gasteiger partial charge on any atom is 0.238 e. The SMILES string of the molecule is NS(=O)(=O)c1ccc(CNC(=O)C2CNCCN2)cc1. The van der Waals surface area contributed by atoms with E-state index in [-0.39, 0.29) is 16.8 Å². The number of amides is 1. The Morgan fingerprint density at radius 2 is 2.00 bits per heavy atom.